The van der Waals surface area contributed by atoms with Crippen LogP contribution in [0.15, 0.2) is 71.7 Å². The lowest BCUT2D eigenvalue weighted by molar-refractivity contribution is 0.101. The highest BCUT2D eigenvalue weighted by Crippen LogP contribution is 2.32. The number of ether oxygens (including phenoxy) is 1. The van der Waals surface area contributed by atoms with E-state index in [4.69, 9.17) is 20.8 Å². The van der Waals surface area contributed by atoms with E-state index in [-0.39, 0.29) is 17.4 Å². The fourth-order valence-corrected chi connectivity index (χ4v) is 4.01. The van der Waals surface area contributed by atoms with E-state index in [0.29, 0.717) is 28.6 Å². The minimum Gasteiger partial charge on any atom is -0.497 e. The predicted molar refractivity (Wildman–Crippen MR) is 125 cm³/mol. The highest BCUT2D eigenvalue weighted by Gasteiger charge is 2.25. The van der Waals surface area contributed by atoms with Gasteiger partial charge in [-0.1, -0.05) is 23.7 Å². The van der Waals surface area contributed by atoms with Crippen LogP contribution in [-0.4, -0.2) is 32.4 Å². The summed E-state index contributed by atoms with van der Waals surface area (Å²) in [5.74, 6) is 0.814. The highest BCUT2D eigenvalue weighted by molar-refractivity contribution is 6.30. The molecule has 5 rings (SSSR count). The van der Waals surface area contributed by atoms with Gasteiger partial charge < -0.3 is 13.7 Å². The molecule has 0 radical (unpaired) electrons. The standard InChI is InChI=1S/C25H19ClN4O3/c1-15-23(24(31)22-12-28-25(33-22)20-9-10-27-14-29-20)19-11-18(32-2)7-8-21(19)30(15)13-16-3-5-17(26)6-4-16/h3-12,14H,13H2,1-2H3. The van der Waals surface area contributed by atoms with Crippen molar-refractivity contribution in [3.8, 4) is 17.3 Å². The number of methoxy groups -OCH3 is 1. The Morgan fingerprint density at radius 3 is 2.67 bits per heavy atom. The molecule has 0 aliphatic rings. The monoisotopic (exact) mass is 458 g/mol. The molecule has 3 heterocycles. The molecule has 0 spiro atoms. The van der Waals surface area contributed by atoms with Crippen LogP contribution in [0.1, 0.15) is 27.4 Å². The number of hydrogen-bond acceptors (Lipinski definition) is 6. The molecule has 0 N–H and O–H groups in total. The molecule has 0 aliphatic heterocycles. The van der Waals surface area contributed by atoms with Gasteiger partial charge in [0.25, 0.3) is 0 Å². The van der Waals surface area contributed by atoms with Crippen molar-refractivity contribution in [1.82, 2.24) is 19.5 Å². The molecule has 0 bridgehead atoms. The third kappa shape index (κ3) is 3.87. The molecule has 164 valence electrons. The molecule has 3 aromatic heterocycles. The number of fused-ring (bicyclic) bond motifs is 1. The summed E-state index contributed by atoms with van der Waals surface area (Å²) in [5, 5.41) is 1.46. The molecule has 0 saturated carbocycles. The van der Waals surface area contributed by atoms with Gasteiger partial charge in [0.1, 0.15) is 17.8 Å². The van der Waals surface area contributed by atoms with E-state index in [1.54, 1.807) is 19.4 Å². The number of rotatable bonds is 6. The quantitative estimate of drug-likeness (QED) is 0.319. The maximum absolute atomic E-state index is 13.6. The first kappa shape index (κ1) is 20.9. The van der Waals surface area contributed by atoms with Crippen molar-refractivity contribution < 1.29 is 13.9 Å². The second-order valence-corrected chi connectivity index (χ2v) is 7.95. The van der Waals surface area contributed by atoms with Crippen molar-refractivity contribution in [2.45, 2.75) is 13.5 Å². The molecule has 2 aromatic carbocycles. The first-order valence-corrected chi connectivity index (χ1v) is 10.6. The van der Waals surface area contributed by atoms with Gasteiger partial charge in [-0.15, -0.1) is 0 Å². The average Bonchev–Trinajstić information content (AvgIpc) is 3.44. The Labute approximate surface area is 194 Å². The third-order valence-corrected chi connectivity index (χ3v) is 5.79. The van der Waals surface area contributed by atoms with Crippen molar-refractivity contribution in [2.75, 3.05) is 7.11 Å². The van der Waals surface area contributed by atoms with E-state index in [9.17, 15) is 4.79 Å². The largest absolute Gasteiger partial charge is 0.497 e. The van der Waals surface area contributed by atoms with Gasteiger partial charge in [0.2, 0.25) is 11.7 Å². The predicted octanol–water partition coefficient (Wildman–Crippen LogP) is 5.34. The van der Waals surface area contributed by atoms with Gasteiger partial charge in [-0.25, -0.2) is 15.0 Å². The summed E-state index contributed by atoms with van der Waals surface area (Å²) in [5.41, 5.74) is 3.86. The Morgan fingerprint density at radius 1 is 1.12 bits per heavy atom. The molecule has 0 atom stereocenters. The Morgan fingerprint density at radius 2 is 1.94 bits per heavy atom. The molecule has 7 nitrogen and oxygen atoms in total. The van der Waals surface area contributed by atoms with Crippen molar-refractivity contribution in [3.05, 3.63) is 94.9 Å². The van der Waals surface area contributed by atoms with Crippen molar-refractivity contribution >= 4 is 28.3 Å². The topological polar surface area (TPSA) is 83.0 Å². The van der Waals surface area contributed by atoms with Crippen LogP contribution >= 0.6 is 11.6 Å². The van der Waals surface area contributed by atoms with Crippen LogP contribution in [-0.2, 0) is 6.54 Å². The first-order chi connectivity index (χ1) is 16.0. The fraction of sp³-hybridized carbons (Fsp3) is 0.120. The fourth-order valence-electron chi connectivity index (χ4n) is 3.89. The Bertz CT molecular complexity index is 1460. The van der Waals surface area contributed by atoms with Gasteiger partial charge in [-0.3, -0.25) is 4.79 Å². The number of ketones is 1. The number of aromatic nitrogens is 4. The number of oxazole rings is 1. The normalized spacial score (nSPS) is 11.1. The smallest absolute Gasteiger partial charge is 0.245 e. The number of carbonyl (C=O) groups excluding carboxylic acids is 1. The zero-order chi connectivity index (χ0) is 22.9. The van der Waals surface area contributed by atoms with E-state index < -0.39 is 0 Å². The van der Waals surface area contributed by atoms with Gasteiger partial charge in [0.15, 0.2) is 5.76 Å². The number of benzene rings is 2. The highest BCUT2D eigenvalue weighted by atomic mass is 35.5. The zero-order valence-electron chi connectivity index (χ0n) is 17.9. The molecule has 0 saturated heterocycles. The van der Waals surface area contributed by atoms with E-state index in [1.807, 2.05) is 49.4 Å². The number of carbonyl (C=O) groups is 1. The van der Waals surface area contributed by atoms with E-state index in [0.717, 1.165) is 22.2 Å². The van der Waals surface area contributed by atoms with Gasteiger partial charge in [-0.2, -0.15) is 0 Å². The first-order valence-electron chi connectivity index (χ1n) is 10.2. The summed E-state index contributed by atoms with van der Waals surface area (Å²) in [6, 6.07) is 15.1. The summed E-state index contributed by atoms with van der Waals surface area (Å²) < 4.78 is 13.3. The average molecular weight is 459 g/mol. The zero-order valence-corrected chi connectivity index (χ0v) is 18.7. The molecular formula is C25H19ClN4O3. The molecule has 33 heavy (non-hydrogen) atoms. The second kappa shape index (κ2) is 8.52. The van der Waals surface area contributed by atoms with Crippen molar-refractivity contribution in [3.63, 3.8) is 0 Å². The van der Waals surface area contributed by atoms with Crippen molar-refractivity contribution in [1.29, 1.82) is 0 Å². The number of nitrogens with zero attached hydrogens (tertiary/aromatic N) is 4. The lowest BCUT2D eigenvalue weighted by atomic mass is 10.1. The maximum atomic E-state index is 13.6. The lowest BCUT2D eigenvalue weighted by Gasteiger charge is -2.09. The lowest BCUT2D eigenvalue weighted by Crippen LogP contribution is -2.05. The minimum absolute atomic E-state index is 0.139. The van der Waals surface area contributed by atoms with Crippen LogP contribution in [0, 0.1) is 6.92 Å². The Kier molecular flexibility index (Phi) is 5.40. The number of hydrogen-bond donors (Lipinski definition) is 0. The maximum Gasteiger partial charge on any atom is 0.245 e. The summed E-state index contributed by atoms with van der Waals surface area (Å²) in [7, 11) is 1.60. The SMILES string of the molecule is COc1ccc2c(c1)c(C(=O)c1cnc(-c3ccncn3)o1)c(C)n2Cc1ccc(Cl)cc1. The molecule has 0 unspecified atom stereocenters. The number of halogens is 1. The van der Waals surface area contributed by atoms with Crippen LogP contribution in [0.4, 0.5) is 0 Å². The molecular weight excluding hydrogens is 440 g/mol. The van der Waals surface area contributed by atoms with Gasteiger partial charge in [0, 0.05) is 34.4 Å². The van der Waals surface area contributed by atoms with Crippen LogP contribution in [0.2, 0.25) is 5.02 Å². The van der Waals surface area contributed by atoms with Crippen LogP contribution in [0.25, 0.3) is 22.5 Å². The van der Waals surface area contributed by atoms with Crippen LogP contribution in [0.5, 0.6) is 5.75 Å². The summed E-state index contributed by atoms with van der Waals surface area (Å²) in [6.07, 6.45) is 4.43. The summed E-state index contributed by atoms with van der Waals surface area (Å²) >= 11 is 6.04. The Hall–Kier alpha value is -3.97. The second-order valence-electron chi connectivity index (χ2n) is 7.51. The van der Waals surface area contributed by atoms with Gasteiger partial charge in [0.05, 0.1) is 18.9 Å². The molecule has 0 fully saturated rings. The summed E-state index contributed by atoms with van der Waals surface area (Å²) in [4.78, 5) is 25.9. The van der Waals surface area contributed by atoms with Crippen LogP contribution < -0.4 is 4.74 Å². The molecule has 8 heteroatoms. The van der Waals surface area contributed by atoms with Gasteiger partial charge >= 0.3 is 0 Å². The minimum atomic E-state index is -0.256. The van der Waals surface area contributed by atoms with E-state index >= 15 is 0 Å². The molecule has 0 amide bonds. The van der Waals surface area contributed by atoms with Gasteiger partial charge in [-0.05, 0) is 48.9 Å². The van der Waals surface area contributed by atoms with E-state index in [2.05, 4.69) is 19.5 Å². The molecule has 0 aliphatic carbocycles. The Balaban J connectivity index is 1.61. The van der Waals surface area contributed by atoms with Crippen molar-refractivity contribution in [2.24, 2.45) is 0 Å². The van der Waals surface area contributed by atoms with Crippen LogP contribution in [0.3, 0.4) is 0 Å². The van der Waals surface area contributed by atoms with E-state index in [1.165, 1.54) is 12.5 Å². The third-order valence-electron chi connectivity index (χ3n) is 5.54. The molecule has 5 aromatic rings. The summed E-state index contributed by atoms with van der Waals surface area (Å²) in [6.45, 7) is 2.51.